The average molecular weight is 253 g/mol. The van der Waals surface area contributed by atoms with E-state index in [4.69, 9.17) is 14.2 Å². The topological polar surface area (TPSA) is 39.7 Å². The maximum absolute atomic E-state index is 5.91. The largest absolute Gasteiger partial charge is 0.497 e. The number of nitrogens with one attached hydrogen (secondary N) is 1. The number of methoxy groups -OCH3 is 2. The Morgan fingerprint density at radius 1 is 1.22 bits per heavy atom. The highest BCUT2D eigenvalue weighted by Crippen LogP contribution is 2.30. The van der Waals surface area contributed by atoms with E-state index in [2.05, 4.69) is 12.2 Å². The summed E-state index contributed by atoms with van der Waals surface area (Å²) in [6.45, 7) is 4.64. The Bertz CT molecular complexity index is 368. The molecule has 0 aliphatic carbocycles. The van der Waals surface area contributed by atoms with Gasteiger partial charge in [0.2, 0.25) is 0 Å². The van der Waals surface area contributed by atoms with Crippen molar-refractivity contribution in [2.75, 3.05) is 27.9 Å². The van der Waals surface area contributed by atoms with Crippen molar-refractivity contribution < 1.29 is 14.2 Å². The van der Waals surface area contributed by atoms with E-state index in [1.54, 1.807) is 14.2 Å². The molecule has 0 radical (unpaired) electrons. The van der Waals surface area contributed by atoms with Crippen molar-refractivity contribution in [2.24, 2.45) is 0 Å². The fourth-order valence-corrected chi connectivity index (χ4v) is 1.74. The molecular weight excluding hydrogens is 230 g/mol. The van der Waals surface area contributed by atoms with Crippen molar-refractivity contribution in [3.8, 4) is 11.5 Å². The summed E-state index contributed by atoms with van der Waals surface area (Å²) in [6.07, 6.45) is 0.00455. The standard InChI is InChI=1S/C14H23NO3/c1-10(9-16-4)18-14-8-12(17-5)6-7-13(14)11(2)15-3/h6-8,10-11,15H,9H2,1-5H3. The van der Waals surface area contributed by atoms with Crippen LogP contribution in [0.15, 0.2) is 18.2 Å². The van der Waals surface area contributed by atoms with Crippen LogP contribution in [0, 0.1) is 0 Å². The van der Waals surface area contributed by atoms with E-state index in [0.717, 1.165) is 17.1 Å². The molecule has 102 valence electrons. The van der Waals surface area contributed by atoms with Gasteiger partial charge < -0.3 is 19.5 Å². The first-order valence-electron chi connectivity index (χ1n) is 6.13. The monoisotopic (exact) mass is 253 g/mol. The van der Waals surface area contributed by atoms with Crippen LogP contribution >= 0.6 is 0 Å². The first kappa shape index (κ1) is 14.8. The highest BCUT2D eigenvalue weighted by molar-refractivity contribution is 5.42. The fraction of sp³-hybridized carbons (Fsp3) is 0.571. The molecule has 0 aliphatic heterocycles. The molecule has 4 nitrogen and oxygen atoms in total. The van der Waals surface area contributed by atoms with Crippen LogP contribution in [0.1, 0.15) is 25.5 Å². The van der Waals surface area contributed by atoms with Gasteiger partial charge in [-0.1, -0.05) is 6.07 Å². The van der Waals surface area contributed by atoms with E-state index in [-0.39, 0.29) is 12.1 Å². The zero-order valence-corrected chi connectivity index (χ0v) is 11.8. The minimum absolute atomic E-state index is 0.00455. The van der Waals surface area contributed by atoms with Crippen LogP contribution in [0.25, 0.3) is 0 Å². The summed E-state index contributed by atoms with van der Waals surface area (Å²) in [5.74, 6) is 1.63. The number of ether oxygens (including phenoxy) is 3. The minimum atomic E-state index is 0.00455. The first-order valence-corrected chi connectivity index (χ1v) is 6.13. The van der Waals surface area contributed by atoms with Gasteiger partial charge in [0.05, 0.1) is 13.7 Å². The van der Waals surface area contributed by atoms with E-state index < -0.39 is 0 Å². The predicted octanol–water partition coefficient (Wildman–Crippen LogP) is 2.39. The molecule has 0 saturated carbocycles. The molecule has 0 saturated heterocycles. The van der Waals surface area contributed by atoms with Crippen LogP contribution in [0.2, 0.25) is 0 Å². The lowest BCUT2D eigenvalue weighted by molar-refractivity contribution is 0.0909. The molecule has 1 aromatic carbocycles. The Labute approximate surface area is 109 Å². The molecule has 4 heteroatoms. The second-order valence-electron chi connectivity index (χ2n) is 4.30. The van der Waals surface area contributed by atoms with E-state index in [1.165, 1.54) is 0 Å². The molecule has 0 spiro atoms. The zero-order chi connectivity index (χ0) is 13.5. The second kappa shape index (κ2) is 7.24. The Morgan fingerprint density at radius 3 is 2.50 bits per heavy atom. The van der Waals surface area contributed by atoms with Crippen LogP contribution < -0.4 is 14.8 Å². The van der Waals surface area contributed by atoms with Gasteiger partial charge in [0.15, 0.2) is 0 Å². The molecule has 0 bridgehead atoms. The average Bonchev–Trinajstić information content (AvgIpc) is 2.38. The molecule has 2 unspecified atom stereocenters. The summed E-state index contributed by atoms with van der Waals surface area (Å²) >= 11 is 0. The lowest BCUT2D eigenvalue weighted by atomic mass is 10.1. The predicted molar refractivity (Wildman–Crippen MR) is 72.4 cm³/mol. The summed E-state index contributed by atoms with van der Waals surface area (Å²) < 4.78 is 16.2. The smallest absolute Gasteiger partial charge is 0.128 e. The summed E-state index contributed by atoms with van der Waals surface area (Å²) in [7, 11) is 5.25. The lowest BCUT2D eigenvalue weighted by Gasteiger charge is -2.20. The summed E-state index contributed by atoms with van der Waals surface area (Å²) in [4.78, 5) is 0. The fourth-order valence-electron chi connectivity index (χ4n) is 1.74. The maximum atomic E-state index is 5.91. The van der Waals surface area contributed by atoms with Crippen molar-refractivity contribution in [3.05, 3.63) is 23.8 Å². The van der Waals surface area contributed by atoms with E-state index in [9.17, 15) is 0 Å². The minimum Gasteiger partial charge on any atom is -0.497 e. The third kappa shape index (κ3) is 3.89. The van der Waals surface area contributed by atoms with E-state index in [0.29, 0.717) is 6.61 Å². The van der Waals surface area contributed by atoms with Gasteiger partial charge >= 0.3 is 0 Å². The molecule has 1 N–H and O–H groups in total. The summed E-state index contributed by atoms with van der Waals surface area (Å²) in [5, 5.41) is 3.21. The van der Waals surface area contributed by atoms with Crippen LogP contribution in [-0.4, -0.2) is 34.0 Å². The molecule has 1 rings (SSSR count). The first-order chi connectivity index (χ1) is 8.62. The third-order valence-corrected chi connectivity index (χ3v) is 2.85. The molecule has 0 amide bonds. The van der Waals surface area contributed by atoms with Gasteiger partial charge in [0.25, 0.3) is 0 Å². The molecule has 0 aliphatic rings. The maximum Gasteiger partial charge on any atom is 0.128 e. The highest BCUT2D eigenvalue weighted by Gasteiger charge is 2.13. The third-order valence-electron chi connectivity index (χ3n) is 2.85. The van der Waals surface area contributed by atoms with Gasteiger partial charge in [0.1, 0.15) is 17.6 Å². The quantitative estimate of drug-likeness (QED) is 0.810. The van der Waals surface area contributed by atoms with Crippen LogP contribution in [0.5, 0.6) is 11.5 Å². The van der Waals surface area contributed by atoms with Crippen molar-refractivity contribution in [1.82, 2.24) is 5.32 Å². The van der Waals surface area contributed by atoms with Crippen LogP contribution in [0.3, 0.4) is 0 Å². The van der Waals surface area contributed by atoms with Crippen molar-refractivity contribution in [1.29, 1.82) is 0 Å². The van der Waals surface area contributed by atoms with Gasteiger partial charge in [0, 0.05) is 24.8 Å². The molecule has 18 heavy (non-hydrogen) atoms. The van der Waals surface area contributed by atoms with Gasteiger partial charge in [-0.2, -0.15) is 0 Å². The SMILES string of the molecule is CNC(C)c1ccc(OC)cc1OC(C)COC. The Morgan fingerprint density at radius 2 is 1.94 bits per heavy atom. The van der Waals surface area contributed by atoms with E-state index in [1.807, 2.05) is 32.2 Å². The number of hydrogen-bond donors (Lipinski definition) is 1. The molecule has 1 aromatic rings. The molecule has 0 fully saturated rings. The van der Waals surface area contributed by atoms with Crippen LogP contribution in [-0.2, 0) is 4.74 Å². The number of hydrogen-bond acceptors (Lipinski definition) is 4. The van der Waals surface area contributed by atoms with Crippen molar-refractivity contribution in [2.45, 2.75) is 26.0 Å². The molecule has 2 atom stereocenters. The normalized spacial score (nSPS) is 14.1. The molecule has 0 aromatic heterocycles. The Kier molecular flexibility index (Phi) is 5.95. The number of benzene rings is 1. The van der Waals surface area contributed by atoms with Crippen molar-refractivity contribution in [3.63, 3.8) is 0 Å². The van der Waals surface area contributed by atoms with Gasteiger partial charge in [-0.05, 0) is 27.0 Å². The Hall–Kier alpha value is -1.26. The summed E-state index contributed by atoms with van der Waals surface area (Å²) in [6, 6.07) is 6.10. The van der Waals surface area contributed by atoms with Crippen LogP contribution in [0.4, 0.5) is 0 Å². The highest BCUT2D eigenvalue weighted by atomic mass is 16.5. The van der Waals surface area contributed by atoms with Crippen molar-refractivity contribution >= 4 is 0 Å². The summed E-state index contributed by atoms with van der Waals surface area (Å²) in [5.41, 5.74) is 1.11. The van der Waals surface area contributed by atoms with Gasteiger partial charge in [-0.3, -0.25) is 0 Å². The number of rotatable bonds is 7. The van der Waals surface area contributed by atoms with Gasteiger partial charge in [-0.15, -0.1) is 0 Å². The lowest BCUT2D eigenvalue weighted by Crippen LogP contribution is -2.20. The van der Waals surface area contributed by atoms with E-state index >= 15 is 0 Å². The Balaban J connectivity index is 2.96. The van der Waals surface area contributed by atoms with Gasteiger partial charge in [-0.25, -0.2) is 0 Å². The molecular formula is C14H23NO3. The molecule has 0 heterocycles. The second-order valence-corrected chi connectivity index (χ2v) is 4.30. The zero-order valence-electron chi connectivity index (χ0n) is 11.8.